The zero-order chi connectivity index (χ0) is 14.5. The van der Waals surface area contributed by atoms with Gasteiger partial charge >= 0.3 is 5.97 Å². The summed E-state index contributed by atoms with van der Waals surface area (Å²) in [6, 6.07) is 8.45. The molecule has 3 unspecified atom stereocenters. The Morgan fingerprint density at radius 2 is 2.05 bits per heavy atom. The van der Waals surface area contributed by atoms with Gasteiger partial charge in [-0.3, -0.25) is 0 Å². The van der Waals surface area contributed by atoms with Crippen LogP contribution in [0.4, 0.5) is 0 Å². The molecule has 1 saturated heterocycles. The number of methoxy groups -OCH3 is 1. The number of esters is 1. The first-order chi connectivity index (χ1) is 9.63. The topological polar surface area (TPSA) is 85.2 Å². The molecule has 1 aromatic carbocycles. The molecule has 0 saturated carbocycles. The van der Waals surface area contributed by atoms with Gasteiger partial charge in [0, 0.05) is 12.7 Å². The normalized spacial score (nSPS) is 28.4. The van der Waals surface area contributed by atoms with E-state index in [9.17, 15) is 15.0 Å². The number of hydrogen-bond donors (Lipinski definition) is 2. The first-order valence-corrected chi connectivity index (χ1v) is 6.09. The Balaban J connectivity index is 2.00. The fourth-order valence-electron chi connectivity index (χ4n) is 1.81. The number of ether oxygens (including phenoxy) is 3. The van der Waals surface area contributed by atoms with E-state index in [2.05, 4.69) is 0 Å². The highest BCUT2D eigenvalue weighted by Gasteiger charge is 2.35. The minimum atomic E-state index is -1.23. The number of carbonyl (C=O) groups excluding carboxylic acids is 1. The van der Waals surface area contributed by atoms with Crippen molar-refractivity contribution in [3.05, 3.63) is 47.7 Å². The van der Waals surface area contributed by atoms with E-state index >= 15 is 0 Å². The molecule has 3 atom stereocenters. The van der Waals surface area contributed by atoms with Crippen molar-refractivity contribution in [1.29, 1.82) is 0 Å². The van der Waals surface area contributed by atoms with Gasteiger partial charge in [0.15, 0.2) is 6.29 Å². The fraction of sp³-hybridized carbons (Fsp3) is 0.357. The Bertz CT molecular complexity index is 484. The molecule has 20 heavy (non-hydrogen) atoms. The number of aliphatic hydroxyl groups excluding tert-OH is 2. The lowest BCUT2D eigenvalue weighted by Crippen LogP contribution is -2.46. The van der Waals surface area contributed by atoms with Gasteiger partial charge in [-0.15, -0.1) is 0 Å². The van der Waals surface area contributed by atoms with E-state index < -0.39 is 24.5 Å². The molecule has 1 fully saturated rings. The van der Waals surface area contributed by atoms with E-state index in [1.807, 2.05) is 0 Å². The van der Waals surface area contributed by atoms with Crippen LogP contribution in [0.5, 0.6) is 0 Å². The quantitative estimate of drug-likeness (QED) is 0.618. The summed E-state index contributed by atoms with van der Waals surface area (Å²) in [6.07, 6.45) is -2.21. The van der Waals surface area contributed by atoms with Crippen molar-refractivity contribution in [2.24, 2.45) is 0 Å². The van der Waals surface area contributed by atoms with Gasteiger partial charge in [-0.25, -0.2) is 4.79 Å². The molecule has 1 aliphatic heterocycles. The van der Waals surface area contributed by atoms with Crippen LogP contribution in [0.1, 0.15) is 10.4 Å². The average Bonchev–Trinajstić information content (AvgIpc) is 2.49. The first-order valence-electron chi connectivity index (χ1n) is 6.09. The second kappa shape index (κ2) is 6.62. The maximum Gasteiger partial charge on any atom is 0.342 e. The van der Waals surface area contributed by atoms with Crippen molar-refractivity contribution in [3.63, 3.8) is 0 Å². The third kappa shape index (κ3) is 3.23. The number of aliphatic hydroxyl groups is 2. The summed E-state index contributed by atoms with van der Waals surface area (Å²) in [5, 5.41) is 19.6. The molecular formula is C14H16O6. The van der Waals surface area contributed by atoms with Gasteiger partial charge in [0.2, 0.25) is 0 Å². The smallest absolute Gasteiger partial charge is 0.342 e. The van der Waals surface area contributed by atoms with Crippen LogP contribution in [0.25, 0.3) is 0 Å². The van der Waals surface area contributed by atoms with Crippen LogP contribution >= 0.6 is 0 Å². The highest BCUT2D eigenvalue weighted by Crippen LogP contribution is 2.20. The maximum atomic E-state index is 11.7. The van der Waals surface area contributed by atoms with Gasteiger partial charge in [-0.1, -0.05) is 18.2 Å². The van der Waals surface area contributed by atoms with Crippen LogP contribution in [0.15, 0.2) is 42.2 Å². The third-order valence-electron chi connectivity index (χ3n) is 2.96. The van der Waals surface area contributed by atoms with Crippen LogP contribution in [0.3, 0.4) is 0 Å². The summed E-state index contributed by atoms with van der Waals surface area (Å²) in [4.78, 5) is 11.7. The summed E-state index contributed by atoms with van der Waals surface area (Å²) in [5.41, 5.74) is 0.668. The summed E-state index contributed by atoms with van der Waals surface area (Å²) in [5.74, 6) is -0.548. The molecule has 0 radical (unpaired) electrons. The molecular weight excluding hydrogens is 264 g/mol. The molecule has 2 N–H and O–H groups in total. The van der Waals surface area contributed by atoms with Crippen LogP contribution in [-0.2, 0) is 14.2 Å². The van der Waals surface area contributed by atoms with E-state index in [4.69, 9.17) is 14.2 Å². The van der Waals surface area contributed by atoms with Crippen molar-refractivity contribution in [1.82, 2.24) is 0 Å². The molecule has 0 bridgehead atoms. The van der Waals surface area contributed by atoms with Crippen molar-refractivity contribution < 1.29 is 29.2 Å². The van der Waals surface area contributed by atoms with Crippen LogP contribution in [0.2, 0.25) is 0 Å². The van der Waals surface area contributed by atoms with Gasteiger partial charge in [-0.05, 0) is 12.1 Å². The fourth-order valence-corrected chi connectivity index (χ4v) is 1.81. The van der Waals surface area contributed by atoms with Crippen molar-refractivity contribution in [2.75, 3.05) is 13.7 Å². The van der Waals surface area contributed by atoms with Crippen LogP contribution < -0.4 is 0 Å². The molecule has 0 spiro atoms. The predicted molar refractivity (Wildman–Crippen MR) is 68.7 cm³/mol. The monoisotopic (exact) mass is 280 g/mol. The minimum Gasteiger partial charge on any atom is -0.431 e. The van der Waals surface area contributed by atoms with E-state index in [1.54, 1.807) is 30.3 Å². The molecule has 2 rings (SSSR count). The molecule has 6 heteroatoms. The number of rotatable bonds is 3. The molecule has 1 aromatic rings. The number of carbonyl (C=O) groups is 1. The molecule has 6 nitrogen and oxygen atoms in total. The first kappa shape index (κ1) is 14.7. The standard InChI is InChI=1S/C14H16O6/c1-18-14-12(16)11(15)10(8-20-14)7-19-13(17)9-5-3-2-4-6-9/h2-7,11-12,14-16H,8H2,1H3/b10-7+. The number of benzene rings is 1. The van der Waals surface area contributed by atoms with Crippen LogP contribution in [0, 0.1) is 0 Å². The van der Waals surface area contributed by atoms with Gasteiger partial charge in [0.1, 0.15) is 12.2 Å². The Morgan fingerprint density at radius 1 is 1.35 bits per heavy atom. The second-order valence-electron chi connectivity index (χ2n) is 4.31. The van der Waals surface area contributed by atoms with Gasteiger partial charge in [-0.2, -0.15) is 0 Å². The predicted octanol–water partition coefficient (Wildman–Crippen LogP) is 0.452. The summed E-state index contributed by atoms with van der Waals surface area (Å²) < 4.78 is 15.0. The molecule has 108 valence electrons. The van der Waals surface area contributed by atoms with Crippen molar-refractivity contribution in [2.45, 2.75) is 18.5 Å². The zero-order valence-electron chi connectivity index (χ0n) is 10.9. The Kier molecular flexibility index (Phi) is 4.86. The number of hydrogen-bond acceptors (Lipinski definition) is 6. The molecule has 0 aliphatic carbocycles. The highest BCUT2D eigenvalue weighted by molar-refractivity contribution is 5.89. The second-order valence-corrected chi connectivity index (χ2v) is 4.31. The largest absolute Gasteiger partial charge is 0.431 e. The van der Waals surface area contributed by atoms with E-state index in [0.29, 0.717) is 5.56 Å². The lowest BCUT2D eigenvalue weighted by Gasteiger charge is -2.32. The molecule has 0 amide bonds. The molecule has 1 aliphatic rings. The maximum absolute atomic E-state index is 11.7. The zero-order valence-corrected chi connectivity index (χ0v) is 10.9. The van der Waals surface area contributed by atoms with Crippen LogP contribution in [-0.4, -0.2) is 48.4 Å². The Morgan fingerprint density at radius 3 is 2.70 bits per heavy atom. The van der Waals surface area contributed by atoms with E-state index in [0.717, 1.165) is 6.26 Å². The summed E-state index contributed by atoms with van der Waals surface area (Å²) in [7, 11) is 1.37. The van der Waals surface area contributed by atoms with Gasteiger partial charge < -0.3 is 24.4 Å². The molecule has 1 heterocycles. The lowest BCUT2D eigenvalue weighted by atomic mass is 10.0. The SMILES string of the molecule is COC1OC/C(=C\OC(=O)c2ccccc2)C(O)C1O. The van der Waals surface area contributed by atoms with E-state index in [-0.39, 0.29) is 12.2 Å². The van der Waals surface area contributed by atoms with Gasteiger partial charge in [0.05, 0.1) is 18.4 Å². The van der Waals surface area contributed by atoms with Gasteiger partial charge in [0.25, 0.3) is 0 Å². The highest BCUT2D eigenvalue weighted by atomic mass is 16.7. The van der Waals surface area contributed by atoms with E-state index in [1.165, 1.54) is 7.11 Å². The molecule has 0 aromatic heterocycles. The minimum absolute atomic E-state index is 0.0127. The van der Waals surface area contributed by atoms with Crippen molar-refractivity contribution >= 4 is 5.97 Å². The Hall–Kier alpha value is -1.73. The van der Waals surface area contributed by atoms with Crippen molar-refractivity contribution in [3.8, 4) is 0 Å². The summed E-state index contributed by atoms with van der Waals surface area (Å²) >= 11 is 0. The average molecular weight is 280 g/mol. The Labute approximate surface area is 116 Å². The summed E-state index contributed by atoms with van der Waals surface area (Å²) in [6.45, 7) is 0.0127. The lowest BCUT2D eigenvalue weighted by molar-refractivity contribution is -0.215. The third-order valence-corrected chi connectivity index (χ3v) is 2.96.